The molecule has 2 aromatic heterocycles. The first-order chi connectivity index (χ1) is 14.1. The average Bonchev–Trinajstić information content (AvgIpc) is 3.36. The van der Waals surface area contributed by atoms with Crippen LogP contribution >= 0.6 is 0 Å². The lowest BCUT2D eigenvalue weighted by molar-refractivity contribution is 0.0919. The second kappa shape index (κ2) is 8.61. The van der Waals surface area contributed by atoms with Gasteiger partial charge in [-0.05, 0) is 44.5 Å². The number of hydrogen-bond donors (Lipinski definition) is 2. The Morgan fingerprint density at radius 1 is 1.21 bits per heavy atom. The van der Waals surface area contributed by atoms with Gasteiger partial charge >= 0.3 is 0 Å². The highest BCUT2D eigenvalue weighted by molar-refractivity contribution is 5.93. The first-order valence-corrected chi connectivity index (χ1v) is 10.2. The summed E-state index contributed by atoms with van der Waals surface area (Å²) in [6.45, 7) is 4.66. The summed E-state index contributed by atoms with van der Waals surface area (Å²) in [5.41, 5.74) is 4.26. The van der Waals surface area contributed by atoms with Crippen molar-refractivity contribution in [2.75, 3.05) is 19.6 Å². The predicted octanol–water partition coefficient (Wildman–Crippen LogP) is 3.08. The van der Waals surface area contributed by atoms with Crippen molar-refractivity contribution >= 4 is 5.91 Å². The van der Waals surface area contributed by atoms with Crippen molar-refractivity contribution in [2.24, 2.45) is 7.05 Å². The number of amides is 1. The van der Waals surface area contributed by atoms with Gasteiger partial charge < -0.3 is 5.32 Å². The van der Waals surface area contributed by atoms with Gasteiger partial charge in [0.1, 0.15) is 5.69 Å². The lowest BCUT2D eigenvalue weighted by atomic mass is 10.0. The van der Waals surface area contributed by atoms with Gasteiger partial charge in [0.05, 0.1) is 17.4 Å². The van der Waals surface area contributed by atoms with Crippen LogP contribution in [0.25, 0.3) is 11.3 Å². The second-order valence-electron chi connectivity index (χ2n) is 7.70. The van der Waals surface area contributed by atoms with E-state index in [1.54, 1.807) is 10.7 Å². The zero-order valence-corrected chi connectivity index (χ0v) is 17.1. The largest absolute Gasteiger partial charge is 0.349 e. The first kappa shape index (κ1) is 19.4. The van der Waals surface area contributed by atoms with Gasteiger partial charge in [0, 0.05) is 25.4 Å². The highest BCUT2D eigenvalue weighted by Gasteiger charge is 2.23. The van der Waals surface area contributed by atoms with Crippen LogP contribution in [0.2, 0.25) is 0 Å². The van der Waals surface area contributed by atoms with Gasteiger partial charge in [-0.1, -0.05) is 36.8 Å². The topological polar surface area (TPSA) is 78.8 Å². The fourth-order valence-corrected chi connectivity index (χ4v) is 4.07. The minimum atomic E-state index is -0.136. The third kappa shape index (κ3) is 4.40. The predicted molar refractivity (Wildman–Crippen MR) is 112 cm³/mol. The van der Waals surface area contributed by atoms with Crippen molar-refractivity contribution in [2.45, 2.75) is 32.2 Å². The smallest absolute Gasteiger partial charge is 0.269 e. The molecule has 7 heteroatoms. The summed E-state index contributed by atoms with van der Waals surface area (Å²) < 4.78 is 1.75. The standard InChI is InChI=1S/C22H28N6O/c1-16-18(15-27(2)26-16)19-13-20(25-24-19)22(29)23-14-21(17-9-5-3-6-10-17)28-11-7-4-8-12-28/h3,5-6,9-10,13,15,21H,4,7-8,11-12,14H2,1-2H3,(H,23,29)(H,24,25)/t21-/m1/s1. The average molecular weight is 393 g/mol. The fourth-order valence-electron chi connectivity index (χ4n) is 4.07. The Hall–Kier alpha value is -2.93. The highest BCUT2D eigenvalue weighted by Crippen LogP contribution is 2.24. The maximum Gasteiger partial charge on any atom is 0.269 e. The minimum absolute atomic E-state index is 0.136. The summed E-state index contributed by atoms with van der Waals surface area (Å²) in [5, 5.41) is 14.6. The molecule has 1 aliphatic rings. The first-order valence-electron chi connectivity index (χ1n) is 10.2. The van der Waals surface area contributed by atoms with E-state index in [9.17, 15) is 4.79 Å². The van der Waals surface area contributed by atoms with Gasteiger partial charge in [-0.15, -0.1) is 0 Å². The molecule has 29 heavy (non-hydrogen) atoms. The number of hydrogen-bond acceptors (Lipinski definition) is 4. The molecule has 1 atom stereocenters. The van der Waals surface area contributed by atoms with E-state index >= 15 is 0 Å². The Kier molecular flexibility index (Phi) is 5.76. The van der Waals surface area contributed by atoms with Crippen LogP contribution in [0.15, 0.2) is 42.6 Å². The molecule has 1 aromatic carbocycles. The molecule has 0 spiro atoms. The number of aryl methyl sites for hydroxylation is 2. The van der Waals surface area contributed by atoms with E-state index in [4.69, 9.17) is 0 Å². The van der Waals surface area contributed by atoms with Gasteiger partial charge in [0.2, 0.25) is 0 Å². The van der Waals surface area contributed by atoms with Crippen LogP contribution in [0.4, 0.5) is 0 Å². The van der Waals surface area contributed by atoms with Gasteiger partial charge in [0.25, 0.3) is 5.91 Å². The molecule has 4 rings (SSSR count). The molecule has 0 radical (unpaired) electrons. The van der Waals surface area contributed by atoms with Crippen LogP contribution in [0.5, 0.6) is 0 Å². The Morgan fingerprint density at radius 2 is 1.97 bits per heavy atom. The summed E-state index contributed by atoms with van der Waals surface area (Å²) >= 11 is 0. The molecule has 3 aromatic rings. The van der Waals surface area contributed by atoms with Crippen molar-refractivity contribution in [3.63, 3.8) is 0 Å². The summed E-state index contributed by atoms with van der Waals surface area (Å²) in [6.07, 6.45) is 5.63. The summed E-state index contributed by atoms with van der Waals surface area (Å²) in [4.78, 5) is 15.3. The maximum atomic E-state index is 12.8. The van der Waals surface area contributed by atoms with Crippen LogP contribution in [0.1, 0.15) is 47.1 Å². The molecule has 1 fully saturated rings. The van der Waals surface area contributed by atoms with Crippen molar-refractivity contribution in [3.8, 4) is 11.3 Å². The Balaban J connectivity index is 1.46. The SMILES string of the molecule is Cc1nn(C)cc1-c1cc(C(=O)NC[C@H](c2ccccc2)N2CCCCC2)[nH]n1. The number of carbonyl (C=O) groups excluding carboxylic acids is 1. The number of nitrogens with zero attached hydrogens (tertiary/aromatic N) is 4. The summed E-state index contributed by atoms with van der Waals surface area (Å²) in [5.74, 6) is -0.136. The number of likely N-dealkylation sites (tertiary alicyclic amines) is 1. The second-order valence-corrected chi connectivity index (χ2v) is 7.70. The van der Waals surface area contributed by atoms with E-state index in [0.29, 0.717) is 12.2 Å². The van der Waals surface area contributed by atoms with Gasteiger partial charge in [0.15, 0.2) is 0 Å². The molecule has 0 unspecified atom stereocenters. The number of nitrogens with one attached hydrogen (secondary N) is 2. The summed E-state index contributed by atoms with van der Waals surface area (Å²) in [7, 11) is 1.88. The molecular weight excluding hydrogens is 364 g/mol. The molecule has 0 saturated carbocycles. The van der Waals surface area contributed by atoms with Crippen molar-refractivity contribution < 1.29 is 4.79 Å². The third-order valence-electron chi connectivity index (χ3n) is 5.58. The van der Waals surface area contributed by atoms with Crippen LogP contribution in [-0.4, -0.2) is 50.4 Å². The van der Waals surface area contributed by atoms with Gasteiger partial charge in [-0.25, -0.2) is 0 Å². The maximum absolute atomic E-state index is 12.8. The van der Waals surface area contributed by atoms with Crippen LogP contribution in [0.3, 0.4) is 0 Å². The van der Waals surface area contributed by atoms with Crippen LogP contribution in [0, 0.1) is 6.92 Å². The zero-order chi connectivity index (χ0) is 20.2. The molecule has 1 aliphatic heterocycles. The van der Waals surface area contributed by atoms with E-state index in [0.717, 1.165) is 30.0 Å². The number of H-pyrrole nitrogens is 1. The summed E-state index contributed by atoms with van der Waals surface area (Å²) in [6, 6.07) is 12.4. The molecule has 2 N–H and O–H groups in total. The monoisotopic (exact) mass is 392 g/mol. The molecule has 152 valence electrons. The Labute approximate surface area is 171 Å². The van der Waals surface area contributed by atoms with Gasteiger partial charge in [-0.2, -0.15) is 10.2 Å². The van der Waals surface area contributed by atoms with Crippen molar-refractivity contribution in [3.05, 3.63) is 59.5 Å². The van der Waals surface area contributed by atoms with Crippen LogP contribution in [-0.2, 0) is 7.05 Å². The lowest BCUT2D eigenvalue weighted by Gasteiger charge is -2.35. The van der Waals surface area contributed by atoms with E-state index in [-0.39, 0.29) is 11.9 Å². The minimum Gasteiger partial charge on any atom is -0.349 e. The zero-order valence-electron chi connectivity index (χ0n) is 17.1. The number of piperidine rings is 1. The molecule has 1 amide bonds. The highest BCUT2D eigenvalue weighted by atomic mass is 16.1. The normalized spacial score (nSPS) is 15.9. The molecule has 1 saturated heterocycles. The fraction of sp³-hybridized carbons (Fsp3) is 0.409. The lowest BCUT2D eigenvalue weighted by Crippen LogP contribution is -2.40. The van der Waals surface area contributed by atoms with E-state index in [1.807, 2.05) is 26.2 Å². The number of carbonyl (C=O) groups is 1. The third-order valence-corrected chi connectivity index (χ3v) is 5.58. The van der Waals surface area contributed by atoms with Crippen molar-refractivity contribution in [1.29, 1.82) is 0 Å². The van der Waals surface area contributed by atoms with E-state index in [1.165, 1.54) is 24.8 Å². The van der Waals surface area contributed by atoms with Gasteiger partial charge in [-0.3, -0.25) is 19.5 Å². The molecule has 0 aliphatic carbocycles. The van der Waals surface area contributed by atoms with Crippen LogP contribution < -0.4 is 5.32 Å². The quantitative estimate of drug-likeness (QED) is 0.676. The Morgan fingerprint density at radius 3 is 2.66 bits per heavy atom. The molecule has 0 bridgehead atoms. The number of benzene rings is 1. The molecular formula is C22H28N6O. The Bertz CT molecular complexity index is 955. The molecule has 7 nitrogen and oxygen atoms in total. The van der Waals surface area contributed by atoms with E-state index < -0.39 is 0 Å². The number of aromatic amines is 1. The van der Waals surface area contributed by atoms with Crippen molar-refractivity contribution in [1.82, 2.24) is 30.2 Å². The number of aromatic nitrogens is 4. The number of rotatable bonds is 6. The van der Waals surface area contributed by atoms with E-state index in [2.05, 4.69) is 49.8 Å². The molecule has 3 heterocycles.